The van der Waals surface area contributed by atoms with Crippen LogP contribution < -0.4 is 0 Å². The van der Waals surface area contributed by atoms with Crippen molar-refractivity contribution >= 4 is 29.1 Å². The lowest BCUT2D eigenvalue weighted by molar-refractivity contribution is -0.136. The molecule has 2 fully saturated rings. The zero-order valence-corrected chi connectivity index (χ0v) is 12.8. The highest BCUT2D eigenvalue weighted by molar-refractivity contribution is 6.35. The van der Waals surface area contributed by atoms with Crippen LogP contribution in [0.15, 0.2) is 18.2 Å². The van der Waals surface area contributed by atoms with Crippen LogP contribution in [-0.4, -0.2) is 30.1 Å². The van der Waals surface area contributed by atoms with E-state index < -0.39 is 0 Å². The Morgan fingerprint density at radius 3 is 2.80 bits per heavy atom. The maximum atomic E-state index is 12.5. The Hall–Kier alpha value is -0.770. The molecule has 2 heterocycles. The van der Waals surface area contributed by atoms with Gasteiger partial charge in [-0.15, -0.1) is 0 Å². The predicted molar refractivity (Wildman–Crippen MR) is 78.9 cm³/mol. The van der Waals surface area contributed by atoms with Crippen LogP contribution in [0.5, 0.6) is 0 Å². The molecular formula is C15H17Cl2NO2. The maximum Gasteiger partial charge on any atom is 0.228 e. The molecular weight excluding hydrogens is 297 g/mol. The van der Waals surface area contributed by atoms with E-state index >= 15 is 0 Å². The number of hydrogen-bond donors (Lipinski definition) is 0. The first-order valence-corrected chi connectivity index (χ1v) is 7.64. The Bertz CT molecular complexity index is 535. The maximum absolute atomic E-state index is 12.5. The minimum atomic E-state index is 0.0184. The SMILES string of the molecule is CN(Cc1ccc(Cl)cc1Cl)C(=O)C1CC2CCC1O2. The van der Waals surface area contributed by atoms with Crippen molar-refractivity contribution in [1.82, 2.24) is 4.90 Å². The van der Waals surface area contributed by atoms with Crippen LogP contribution in [-0.2, 0) is 16.1 Å². The molecule has 1 aromatic rings. The normalized spacial score (nSPS) is 27.9. The summed E-state index contributed by atoms with van der Waals surface area (Å²) in [5.74, 6) is 0.174. The van der Waals surface area contributed by atoms with E-state index in [2.05, 4.69) is 0 Å². The molecule has 1 amide bonds. The van der Waals surface area contributed by atoms with Crippen LogP contribution in [0.2, 0.25) is 10.0 Å². The number of rotatable bonds is 3. The van der Waals surface area contributed by atoms with Crippen molar-refractivity contribution in [1.29, 1.82) is 0 Å². The number of nitrogens with zero attached hydrogens (tertiary/aromatic N) is 1. The third-order valence-electron chi connectivity index (χ3n) is 4.22. The van der Waals surface area contributed by atoms with Gasteiger partial charge in [-0.3, -0.25) is 4.79 Å². The fraction of sp³-hybridized carbons (Fsp3) is 0.533. The first kappa shape index (κ1) is 14.2. The summed E-state index contributed by atoms with van der Waals surface area (Å²) in [6.07, 6.45) is 3.39. The monoisotopic (exact) mass is 313 g/mol. The summed E-state index contributed by atoms with van der Waals surface area (Å²) < 4.78 is 5.75. The van der Waals surface area contributed by atoms with Crippen LogP contribution in [0, 0.1) is 5.92 Å². The minimum Gasteiger partial charge on any atom is -0.374 e. The van der Waals surface area contributed by atoms with Crippen LogP contribution in [0.3, 0.4) is 0 Å². The topological polar surface area (TPSA) is 29.5 Å². The Balaban J connectivity index is 1.66. The third-order valence-corrected chi connectivity index (χ3v) is 4.81. The first-order chi connectivity index (χ1) is 9.54. The van der Waals surface area contributed by atoms with E-state index in [4.69, 9.17) is 27.9 Å². The zero-order valence-electron chi connectivity index (χ0n) is 11.3. The van der Waals surface area contributed by atoms with E-state index in [0.29, 0.717) is 22.7 Å². The van der Waals surface area contributed by atoms with E-state index in [1.54, 1.807) is 17.0 Å². The molecule has 3 nitrogen and oxygen atoms in total. The first-order valence-electron chi connectivity index (χ1n) is 6.89. The molecule has 0 aromatic heterocycles. The molecule has 0 spiro atoms. The molecule has 0 aliphatic carbocycles. The summed E-state index contributed by atoms with van der Waals surface area (Å²) in [6.45, 7) is 0.503. The summed E-state index contributed by atoms with van der Waals surface area (Å²) in [7, 11) is 1.82. The molecule has 3 unspecified atom stereocenters. The standard InChI is InChI=1S/C15H17Cl2NO2/c1-18(8-9-2-3-10(16)6-13(9)17)15(19)12-7-11-4-5-14(12)20-11/h2-3,6,11-12,14H,4-5,7-8H2,1H3. The molecule has 2 bridgehead atoms. The lowest BCUT2D eigenvalue weighted by atomic mass is 9.88. The fourth-order valence-corrected chi connectivity index (χ4v) is 3.63. The van der Waals surface area contributed by atoms with E-state index in [1.165, 1.54) is 0 Å². The summed E-state index contributed by atoms with van der Waals surface area (Å²) in [6, 6.07) is 5.37. The average molecular weight is 314 g/mol. The van der Waals surface area contributed by atoms with Crippen molar-refractivity contribution < 1.29 is 9.53 Å². The Labute approximate surface area is 128 Å². The van der Waals surface area contributed by atoms with E-state index in [9.17, 15) is 4.79 Å². The van der Waals surface area contributed by atoms with Crippen LogP contribution in [0.1, 0.15) is 24.8 Å². The molecule has 3 rings (SSSR count). The highest BCUT2D eigenvalue weighted by Gasteiger charge is 2.45. The number of ether oxygens (including phenoxy) is 1. The lowest BCUT2D eigenvalue weighted by Crippen LogP contribution is -2.37. The zero-order chi connectivity index (χ0) is 14.3. The molecule has 2 aliphatic heterocycles. The number of carbonyl (C=O) groups is 1. The molecule has 0 N–H and O–H groups in total. The number of fused-ring (bicyclic) bond motifs is 2. The van der Waals surface area contributed by atoms with Gasteiger partial charge in [0.2, 0.25) is 5.91 Å². The number of carbonyl (C=O) groups excluding carboxylic acids is 1. The highest BCUT2D eigenvalue weighted by Crippen LogP contribution is 2.39. The largest absolute Gasteiger partial charge is 0.374 e. The van der Waals surface area contributed by atoms with Crippen molar-refractivity contribution in [2.45, 2.75) is 38.0 Å². The van der Waals surface area contributed by atoms with Crippen molar-refractivity contribution in [3.63, 3.8) is 0 Å². The van der Waals surface area contributed by atoms with Crippen LogP contribution in [0.4, 0.5) is 0 Å². The minimum absolute atomic E-state index is 0.0184. The smallest absolute Gasteiger partial charge is 0.228 e. The Morgan fingerprint density at radius 1 is 1.40 bits per heavy atom. The van der Waals surface area contributed by atoms with Crippen molar-refractivity contribution in [3.05, 3.63) is 33.8 Å². The number of hydrogen-bond acceptors (Lipinski definition) is 2. The van der Waals surface area contributed by atoms with E-state index in [1.807, 2.05) is 13.1 Å². The lowest BCUT2D eigenvalue weighted by Gasteiger charge is -2.25. The summed E-state index contributed by atoms with van der Waals surface area (Å²) in [5.41, 5.74) is 0.913. The van der Waals surface area contributed by atoms with Gasteiger partial charge < -0.3 is 9.64 Å². The molecule has 1 aromatic carbocycles. The molecule has 3 atom stereocenters. The Kier molecular flexibility index (Phi) is 3.93. The fourth-order valence-electron chi connectivity index (χ4n) is 3.16. The number of halogens is 2. The van der Waals surface area contributed by atoms with E-state index in [-0.39, 0.29) is 17.9 Å². The number of amides is 1. The molecule has 20 heavy (non-hydrogen) atoms. The third kappa shape index (κ3) is 2.67. The summed E-state index contributed by atoms with van der Waals surface area (Å²) in [5, 5.41) is 1.20. The molecule has 2 saturated heterocycles. The quantitative estimate of drug-likeness (QED) is 0.854. The van der Waals surface area contributed by atoms with Crippen LogP contribution >= 0.6 is 23.2 Å². The van der Waals surface area contributed by atoms with Gasteiger partial charge in [0.1, 0.15) is 0 Å². The Morgan fingerprint density at radius 2 is 2.20 bits per heavy atom. The molecule has 0 saturated carbocycles. The van der Waals surface area contributed by atoms with Gasteiger partial charge in [-0.1, -0.05) is 29.3 Å². The van der Waals surface area contributed by atoms with Gasteiger partial charge in [0, 0.05) is 23.6 Å². The summed E-state index contributed by atoms with van der Waals surface area (Å²) in [4.78, 5) is 14.2. The van der Waals surface area contributed by atoms with Gasteiger partial charge in [0.15, 0.2) is 0 Å². The predicted octanol–water partition coefficient (Wildman–Crippen LogP) is 3.52. The molecule has 2 aliphatic rings. The van der Waals surface area contributed by atoms with Crippen LogP contribution in [0.25, 0.3) is 0 Å². The second-order valence-corrected chi connectivity index (χ2v) is 6.49. The number of benzene rings is 1. The van der Waals surface area contributed by atoms with Crippen molar-refractivity contribution in [3.8, 4) is 0 Å². The van der Waals surface area contributed by atoms with Gasteiger partial charge >= 0.3 is 0 Å². The van der Waals surface area contributed by atoms with Gasteiger partial charge in [-0.2, -0.15) is 0 Å². The van der Waals surface area contributed by atoms with Gasteiger partial charge in [-0.25, -0.2) is 0 Å². The summed E-state index contributed by atoms with van der Waals surface area (Å²) >= 11 is 12.0. The van der Waals surface area contributed by atoms with Gasteiger partial charge in [0.25, 0.3) is 0 Å². The van der Waals surface area contributed by atoms with Gasteiger partial charge in [-0.05, 0) is 37.0 Å². The average Bonchev–Trinajstić information content (AvgIpc) is 3.03. The molecule has 5 heteroatoms. The van der Waals surface area contributed by atoms with Crippen molar-refractivity contribution in [2.24, 2.45) is 5.92 Å². The second-order valence-electron chi connectivity index (χ2n) is 5.65. The highest BCUT2D eigenvalue weighted by atomic mass is 35.5. The van der Waals surface area contributed by atoms with Crippen molar-refractivity contribution in [2.75, 3.05) is 7.05 Å². The molecule has 108 valence electrons. The molecule has 0 radical (unpaired) electrons. The van der Waals surface area contributed by atoms with E-state index in [0.717, 1.165) is 24.8 Å². The second kappa shape index (κ2) is 5.55. The van der Waals surface area contributed by atoms with Gasteiger partial charge in [0.05, 0.1) is 18.1 Å².